The molecule has 0 bridgehead atoms. The molecule has 0 radical (unpaired) electrons. The maximum absolute atomic E-state index is 13.3. The van der Waals surface area contributed by atoms with E-state index in [2.05, 4.69) is 10.0 Å². The number of rotatable bonds is 9. The molecule has 1 atom stereocenters. The number of benzene rings is 1. The van der Waals surface area contributed by atoms with Crippen molar-refractivity contribution in [1.82, 2.24) is 14.6 Å². The fourth-order valence-corrected chi connectivity index (χ4v) is 5.89. The Bertz CT molecular complexity index is 1470. The van der Waals surface area contributed by atoms with E-state index < -0.39 is 40.0 Å². The highest BCUT2D eigenvalue weighted by Crippen LogP contribution is 2.35. The van der Waals surface area contributed by atoms with Gasteiger partial charge in [0.1, 0.15) is 16.7 Å². The molecule has 0 saturated carbocycles. The number of carbonyl (C=O) groups excluding carboxylic acids is 2. The lowest BCUT2D eigenvalue weighted by molar-refractivity contribution is -0.142. The molecular formula is C22H21Cl2N3O7S2. The van der Waals surface area contributed by atoms with Crippen LogP contribution in [0.2, 0.25) is 9.36 Å². The number of aromatic nitrogens is 1. The summed E-state index contributed by atoms with van der Waals surface area (Å²) in [5.41, 5.74) is -0.129. The van der Waals surface area contributed by atoms with Gasteiger partial charge in [-0.15, -0.1) is 11.3 Å². The van der Waals surface area contributed by atoms with Crippen LogP contribution in [0.25, 0.3) is 11.1 Å². The third-order valence-electron chi connectivity index (χ3n) is 4.96. The Hall–Kier alpha value is -2.90. The summed E-state index contributed by atoms with van der Waals surface area (Å²) in [4.78, 5) is 37.3. The number of sulfonamides is 1. The van der Waals surface area contributed by atoms with Crippen molar-refractivity contribution in [3.63, 3.8) is 0 Å². The lowest BCUT2D eigenvalue weighted by Gasteiger charge is -2.19. The molecule has 0 fully saturated rings. The van der Waals surface area contributed by atoms with Crippen LogP contribution in [0.1, 0.15) is 9.67 Å². The van der Waals surface area contributed by atoms with Crippen LogP contribution in [-0.2, 0) is 26.6 Å². The first-order chi connectivity index (χ1) is 17.0. The molecule has 0 aliphatic heterocycles. The third kappa shape index (κ3) is 6.08. The van der Waals surface area contributed by atoms with Gasteiger partial charge in [-0.3, -0.25) is 14.4 Å². The number of ether oxygens (including phenoxy) is 2. The molecular weight excluding hydrogens is 553 g/mol. The second-order valence-corrected chi connectivity index (χ2v) is 11.2. The van der Waals surface area contributed by atoms with Crippen LogP contribution < -0.4 is 20.3 Å². The van der Waals surface area contributed by atoms with Crippen molar-refractivity contribution in [2.75, 3.05) is 20.8 Å². The van der Waals surface area contributed by atoms with Crippen LogP contribution >= 0.6 is 34.5 Å². The number of pyridine rings is 1. The summed E-state index contributed by atoms with van der Waals surface area (Å²) < 4.78 is 40.6. The number of nitrogens with one attached hydrogen (secondary N) is 2. The molecule has 36 heavy (non-hydrogen) atoms. The van der Waals surface area contributed by atoms with Gasteiger partial charge in [-0.1, -0.05) is 35.3 Å². The molecule has 2 N–H and O–H groups in total. The van der Waals surface area contributed by atoms with Crippen molar-refractivity contribution in [3.8, 4) is 16.9 Å². The van der Waals surface area contributed by atoms with Gasteiger partial charge in [0.15, 0.2) is 0 Å². The number of methoxy groups -OCH3 is 2. The Balaban J connectivity index is 1.95. The summed E-state index contributed by atoms with van der Waals surface area (Å²) in [5.74, 6) is -1.61. The number of thiophene rings is 1. The maximum atomic E-state index is 13.3. The maximum Gasteiger partial charge on any atom is 0.325 e. The highest BCUT2D eigenvalue weighted by Gasteiger charge is 2.30. The van der Waals surface area contributed by atoms with E-state index in [1.165, 1.54) is 61.3 Å². The summed E-state index contributed by atoms with van der Waals surface area (Å²) in [6.45, 7) is -0.406. The number of amides is 1. The van der Waals surface area contributed by atoms with Crippen LogP contribution in [-0.4, -0.2) is 51.7 Å². The third-order valence-corrected chi connectivity index (χ3v) is 7.89. The molecule has 14 heteroatoms. The number of hydrogen-bond donors (Lipinski definition) is 2. The molecule has 3 aromatic rings. The fourth-order valence-electron chi connectivity index (χ4n) is 3.30. The molecule has 0 saturated heterocycles. The molecule has 2 heterocycles. The van der Waals surface area contributed by atoms with Crippen LogP contribution in [0.4, 0.5) is 0 Å². The number of nitrogens with zero attached hydrogens (tertiary/aromatic N) is 1. The predicted molar refractivity (Wildman–Crippen MR) is 136 cm³/mol. The normalized spacial score (nSPS) is 12.1. The van der Waals surface area contributed by atoms with E-state index in [0.29, 0.717) is 4.34 Å². The molecule has 0 spiro atoms. The average Bonchev–Trinajstić information content (AvgIpc) is 3.29. The van der Waals surface area contributed by atoms with E-state index in [-0.39, 0.29) is 31.7 Å². The second kappa shape index (κ2) is 11.4. The molecule has 3 rings (SSSR count). The Labute approximate surface area is 220 Å². The number of carbonyl (C=O) groups is 2. The Morgan fingerprint density at radius 2 is 1.86 bits per heavy atom. The second-order valence-electron chi connectivity index (χ2n) is 7.34. The molecule has 1 aromatic carbocycles. The number of halogens is 2. The molecule has 1 amide bonds. The smallest absolute Gasteiger partial charge is 0.325 e. The minimum absolute atomic E-state index is 0.116. The van der Waals surface area contributed by atoms with Crippen LogP contribution in [0.3, 0.4) is 0 Å². The van der Waals surface area contributed by atoms with E-state index in [9.17, 15) is 22.8 Å². The van der Waals surface area contributed by atoms with Gasteiger partial charge in [0.2, 0.25) is 10.0 Å². The Kier molecular flexibility index (Phi) is 8.80. The van der Waals surface area contributed by atoms with E-state index in [1.807, 2.05) is 0 Å². The minimum atomic E-state index is -4.42. The van der Waals surface area contributed by atoms with E-state index in [0.717, 1.165) is 18.4 Å². The number of aryl methyl sites for hydroxylation is 1. The largest absolute Gasteiger partial charge is 0.495 e. The summed E-state index contributed by atoms with van der Waals surface area (Å²) in [6, 6.07) is 7.14. The molecule has 1 unspecified atom stereocenters. The quantitative estimate of drug-likeness (QED) is 0.376. The van der Waals surface area contributed by atoms with Gasteiger partial charge in [-0.25, -0.2) is 8.42 Å². The first-order valence-corrected chi connectivity index (χ1v) is 13.2. The van der Waals surface area contributed by atoms with Crippen molar-refractivity contribution >= 4 is 56.4 Å². The van der Waals surface area contributed by atoms with Gasteiger partial charge in [0.05, 0.1) is 34.0 Å². The highest BCUT2D eigenvalue weighted by molar-refractivity contribution is 7.89. The Morgan fingerprint density at radius 3 is 2.47 bits per heavy atom. The minimum Gasteiger partial charge on any atom is -0.495 e. The van der Waals surface area contributed by atoms with Crippen molar-refractivity contribution < 1.29 is 27.5 Å². The van der Waals surface area contributed by atoms with Crippen molar-refractivity contribution in [2.45, 2.75) is 10.9 Å². The van der Waals surface area contributed by atoms with Gasteiger partial charge < -0.3 is 19.4 Å². The zero-order valence-corrected chi connectivity index (χ0v) is 22.3. The first-order valence-electron chi connectivity index (χ1n) is 10.2. The van der Waals surface area contributed by atoms with Crippen LogP contribution in [0.15, 0.2) is 52.3 Å². The molecule has 2 aromatic heterocycles. The first kappa shape index (κ1) is 27.7. The van der Waals surface area contributed by atoms with Gasteiger partial charge >= 0.3 is 5.97 Å². The van der Waals surface area contributed by atoms with Gasteiger partial charge in [-0.2, -0.15) is 4.72 Å². The SMILES string of the molecule is COC(=O)C(CNC(=O)c1ccc(Cl)s1)NS(=O)(=O)c1cccc(-c2cc(Cl)cn(C)c2=O)c1OC. The zero-order valence-electron chi connectivity index (χ0n) is 19.2. The Morgan fingerprint density at radius 1 is 1.14 bits per heavy atom. The van der Waals surface area contributed by atoms with Crippen LogP contribution in [0, 0.1) is 0 Å². The number of esters is 1. The van der Waals surface area contributed by atoms with Crippen LogP contribution in [0.5, 0.6) is 5.75 Å². The van der Waals surface area contributed by atoms with Crippen molar-refractivity contribution in [3.05, 3.63) is 67.2 Å². The van der Waals surface area contributed by atoms with Gasteiger partial charge in [0.25, 0.3) is 11.5 Å². The lowest BCUT2D eigenvalue weighted by atomic mass is 10.1. The summed E-state index contributed by atoms with van der Waals surface area (Å²) in [7, 11) is -0.580. The van der Waals surface area contributed by atoms with Crippen molar-refractivity contribution in [1.29, 1.82) is 0 Å². The van der Waals surface area contributed by atoms with E-state index in [1.54, 1.807) is 0 Å². The summed E-state index contributed by atoms with van der Waals surface area (Å²) >= 11 is 13.0. The standard InChI is InChI=1S/C22H21Cl2N3O7S2/c1-27-11-12(23)9-14(21(27)29)13-5-4-6-17(19(13)33-2)36(31,32)26-15(22(30)34-3)10-25-20(28)16-7-8-18(24)35-16/h4-9,11,15,26H,10H2,1-3H3,(H,25,28). The molecule has 0 aliphatic rings. The molecule has 10 nitrogen and oxygen atoms in total. The average molecular weight is 574 g/mol. The van der Waals surface area contributed by atoms with Gasteiger partial charge in [0, 0.05) is 25.4 Å². The number of hydrogen-bond acceptors (Lipinski definition) is 8. The topological polar surface area (TPSA) is 133 Å². The zero-order chi connectivity index (χ0) is 26.6. The monoisotopic (exact) mass is 573 g/mol. The van der Waals surface area contributed by atoms with E-state index in [4.69, 9.17) is 32.7 Å². The summed E-state index contributed by atoms with van der Waals surface area (Å²) in [5, 5.41) is 2.74. The fraction of sp³-hybridized carbons (Fsp3) is 0.227. The van der Waals surface area contributed by atoms with E-state index >= 15 is 0 Å². The van der Waals surface area contributed by atoms with Crippen molar-refractivity contribution in [2.24, 2.45) is 7.05 Å². The molecule has 192 valence electrons. The summed E-state index contributed by atoms with van der Waals surface area (Å²) in [6.07, 6.45) is 1.42. The predicted octanol–water partition coefficient (Wildman–Crippen LogP) is 2.68. The van der Waals surface area contributed by atoms with Gasteiger partial charge in [-0.05, 0) is 24.3 Å². The highest BCUT2D eigenvalue weighted by atomic mass is 35.5. The number of para-hydroxylation sites is 1. The molecule has 0 aliphatic carbocycles. The lowest BCUT2D eigenvalue weighted by Crippen LogP contribution is -2.48.